The summed E-state index contributed by atoms with van der Waals surface area (Å²) in [6.07, 6.45) is 1.46. The van der Waals surface area contributed by atoms with Crippen LogP contribution in [-0.2, 0) is 11.3 Å². The highest BCUT2D eigenvalue weighted by molar-refractivity contribution is 6.22. The number of nitrogens with zero attached hydrogens (tertiary/aromatic N) is 2. The number of carbonyl (C=O) groups is 3. The number of hydrogen-bond acceptors (Lipinski definition) is 5. The molecule has 0 atom stereocenters. The number of ether oxygens (including phenoxy) is 1. The minimum atomic E-state index is -0.636. The molecule has 0 fully saturated rings. The van der Waals surface area contributed by atoms with Crippen molar-refractivity contribution in [1.82, 2.24) is 4.90 Å². The molecule has 0 saturated carbocycles. The zero-order valence-corrected chi connectivity index (χ0v) is 13.8. The van der Waals surface area contributed by atoms with Crippen LogP contribution in [0.5, 0.6) is 0 Å². The Bertz CT molecular complexity index is 972. The van der Waals surface area contributed by atoms with Crippen molar-refractivity contribution in [2.24, 2.45) is 0 Å². The van der Waals surface area contributed by atoms with Gasteiger partial charge in [-0.3, -0.25) is 14.5 Å². The molecule has 26 heavy (non-hydrogen) atoms. The van der Waals surface area contributed by atoms with Crippen LogP contribution in [-0.4, -0.2) is 29.2 Å². The Balaban J connectivity index is 1.78. The van der Waals surface area contributed by atoms with E-state index in [9.17, 15) is 14.4 Å². The molecule has 1 aliphatic rings. The molecule has 0 aromatic heterocycles. The molecule has 0 saturated heterocycles. The fraction of sp³-hybridized carbons (Fsp3) is 0.100. The molecule has 3 rings (SSSR count). The molecule has 0 radical (unpaired) electrons. The van der Waals surface area contributed by atoms with Crippen molar-refractivity contribution in [3.8, 4) is 6.07 Å². The highest BCUT2D eigenvalue weighted by atomic mass is 16.5. The second-order valence-electron chi connectivity index (χ2n) is 5.62. The van der Waals surface area contributed by atoms with Crippen molar-refractivity contribution in [2.75, 3.05) is 6.54 Å². The number of esters is 1. The van der Waals surface area contributed by atoms with E-state index in [1.807, 2.05) is 6.07 Å². The maximum Gasteiger partial charge on any atom is 0.338 e. The summed E-state index contributed by atoms with van der Waals surface area (Å²) in [5, 5.41) is 9.06. The van der Waals surface area contributed by atoms with Gasteiger partial charge >= 0.3 is 5.97 Å². The molecule has 6 nitrogen and oxygen atoms in total. The Morgan fingerprint density at radius 1 is 1.15 bits per heavy atom. The number of imide groups is 1. The van der Waals surface area contributed by atoms with Crippen LogP contribution in [0.1, 0.15) is 42.2 Å². The average molecular weight is 346 g/mol. The monoisotopic (exact) mass is 346 g/mol. The van der Waals surface area contributed by atoms with Gasteiger partial charge in [0.15, 0.2) is 0 Å². The van der Waals surface area contributed by atoms with Crippen LogP contribution < -0.4 is 0 Å². The standard InChI is InChI=1S/C20H14N2O4/c1-2-9-22-18(23)16-8-7-13(10-17(16)19(22)24)20(25)26-12-15-6-4-3-5-14(15)11-21/h2-8,10H,1,9,12H2. The van der Waals surface area contributed by atoms with Gasteiger partial charge in [0, 0.05) is 12.1 Å². The van der Waals surface area contributed by atoms with E-state index in [1.54, 1.807) is 24.3 Å². The topological polar surface area (TPSA) is 87.5 Å². The minimum absolute atomic E-state index is 0.0604. The van der Waals surface area contributed by atoms with Gasteiger partial charge in [-0.05, 0) is 24.3 Å². The lowest BCUT2D eigenvalue weighted by atomic mass is 10.1. The van der Waals surface area contributed by atoms with E-state index in [2.05, 4.69) is 6.58 Å². The molecule has 0 bridgehead atoms. The fourth-order valence-electron chi connectivity index (χ4n) is 2.69. The lowest BCUT2D eigenvalue weighted by molar-refractivity contribution is 0.0472. The van der Waals surface area contributed by atoms with E-state index in [4.69, 9.17) is 10.00 Å². The molecule has 0 spiro atoms. The first kappa shape index (κ1) is 17.1. The molecule has 2 aromatic rings. The van der Waals surface area contributed by atoms with Crippen molar-refractivity contribution in [2.45, 2.75) is 6.61 Å². The zero-order chi connectivity index (χ0) is 18.7. The molecule has 128 valence electrons. The van der Waals surface area contributed by atoms with Crippen LogP contribution in [0.15, 0.2) is 55.1 Å². The summed E-state index contributed by atoms with van der Waals surface area (Å²) in [7, 11) is 0. The SMILES string of the molecule is C=CCN1C(=O)c2ccc(C(=O)OCc3ccccc3C#N)cc2C1=O. The lowest BCUT2D eigenvalue weighted by Crippen LogP contribution is -2.29. The van der Waals surface area contributed by atoms with Gasteiger partial charge in [-0.25, -0.2) is 4.79 Å². The van der Waals surface area contributed by atoms with E-state index < -0.39 is 17.8 Å². The molecule has 0 aliphatic carbocycles. The van der Waals surface area contributed by atoms with Crippen LogP contribution >= 0.6 is 0 Å². The van der Waals surface area contributed by atoms with E-state index in [-0.39, 0.29) is 29.8 Å². The molecule has 1 heterocycles. The lowest BCUT2D eigenvalue weighted by Gasteiger charge is -2.09. The summed E-state index contributed by atoms with van der Waals surface area (Å²) < 4.78 is 5.24. The predicted molar refractivity (Wildman–Crippen MR) is 92.3 cm³/mol. The van der Waals surface area contributed by atoms with Gasteiger partial charge in [0.2, 0.25) is 0 Å². The highest BCUT2D eigenvalue weighted by Crippen LogP contribution is 2.24. The number of fused-ring (bicyclic) bond motifs is 1. The van der Waals surface area contributed by atoms with E-state index in [1.165, 1.54) is 24.3 Å². The van der Waals surface area contributed by atoms with Crippen LogP contribution in [0.25, 0.3) is 0 Å². The van der Waals surface area contributed by atoms with Gasteiger partial charge in [0.25, 0.3) is 11.8 Å². The van der Waals surface area contributed by atoms with Crippen molar-refractivity contribution < 1.29 is 19.1 Å². The molecule has 2 amide bonds. The first-order valence-electron chi connectivity index (χ1n) is 7.83. The maximum atomic E-state index is 12.3. The van der Waals surface area contributed by atoms with Crippen LogP contribution in [0.4, 0.5) is 0 Å². The predicted octanol–water partition coefficient (Wildman–Crippen LogP) is 2.70. The van der Waals surface area contributed by atoms with Gasteiger partial charge < -0.3 is 4.74 Å². The number of amides is 2. The summed E-state index contributed by atoms with van der Waals surface area (Å²) in [6, 6.07) is 13.1. The summed E-state index contributed by atoms with van der Waals surface area (Å²) in [5.41, 5.74) is 1.61. The Kier molecular flexibility index (Phi) is 4.63. The fourth-order valence-corrected chi connectivity index (χ4v) is 2.69. The second-order valence-corrected chi connectivity index (χ2v) is 5.62. The Morgan fingerprint density at radius 2 is 1.88 bits per heavy atom. The summed E-state index contributed by atoms with van der Waals surface area (Å²) in [6.45, 7) is 3.57. The quantitative estimate of drug-likeness (QED) is 0.472. The molecule has 2 aromatic carbocycles. The highest BCUT2D eigenvalue weighted by Gasteiger charge is 2.35. The number of rotatable bonds is 5. The Hall–Kier alpha value is -3.72. The zero-order valence-electron chi connectivity index (χ0n) is 13.8. The summed E-state index contributed by atoms with van der Waals surface area (Å²) in [4.78, 5) is 37.8. The van der Waals surface area contributed by atoms with Gasteiger partial charge in [-0.15, -0.1) is 6.58 Å². The third kappa shape index (κ3) is 2.98. The third-order valence-corrected chi connectivity index (χ3v) is 4.01. The van der Waals surface area contributed by atoms with Gasteiger partial charge in [0.1, 0.15) is 6.61 Å². The molecule has 1 aliphatic heterocycles. The van der Waals surface area contributed by atoms with Crippen LogP contribution in [0.2, 0.25) is 0 Å². The smallest absolute Gasteiger partial charge is 0.338 e. The molecular formula is C20H14N2O4. The van der Waals surface area contributed by atoms with Crippen molar-refractivity contribution >= 4 is 17.8 Å². The number of nitriles is 1. The average Bonchev–Trinajstić information content (AvgIpc) is 2.91. The van der Waals surface area contributed by atoms with E-state index in [0.29, 0.717) is 11.1 Å². The molecular weight excluding hydrogens is 332 g/mol. The Labute approximate surface area is 149 Å². The number of hydrogen-bond donors (Lipinski definition) is 0. The largest absolute Gasteiger partial charge is 0.457 e. The van der Waals surface area contributed by atoms with Crippen LogP contribution in [0, 0.1) is 11.3 Å². The van der Waals surface area contributed by atoms with Crippen molar-refractivity contribution in [1.29, 1.82) is 5.26 Å². The second kappa shape index (κ2) is 7.03. The van der Waals surface area contributed by atoms with E-state index in [0.717, 1.165) is 4.90 Å². The van der Waals surface area contributed by atoms with Gasteiger partial charge in [-0.1, -0.05) is 24.3 Å². The molecule has 0 unspecified atom stereocenters. The summed E-state index contributed by atoms with van der Waals surface area (Å²) >= 11 is 0. The minimum Gasteiger partial charge on any atom is -0.457 e. The maximum absolute atomic E-state index is 12.3. The Morgan fingerprint density at radius 3 is 2.62 bits per heavy atom. The third-order valence-electron chi connectivity index (χ3n) is 4.01. The van der Waals surface area contributed by atoms with E-state index >= 15 is 0 Å². The number of benzene rings is 2. The molecule has 6 heteroatoms. The van der Waals surface area contributed by atoms with Crippen molar-refractivity contribution in [3.63, 3.8) is 0 Å². The van der Waals surface area contributed by atoms with Gasteiger partial charge in [-0.2, -0.15) is 5.26 Å². The van der Waals surface area contributed by atoms with Crippen LogP contribution in [0.3, 0.4) is 0 Å². The first-order valence-corrected chi connectivity index (χ1v) is 7.83. The first-order chi connectivity index (χ1) is 12.6. The van der Waals surface area contributed by atoms with Gasteiger partial charge in [0.05, 0.1) is 28.3 Å². The number of carbonyl (C=O) groups excluding carboxylic acids is 3. The molecule has 0 N–H and O–H groups in total. The normalized spacial score (nSPS) is 12.5. The van der Waals surface area contributed by atoms with Crippen molar-refractivity contribution in [3.05, 3.63) is 82.9 Å². The summed E-state index contributed by atoms with van der Waals surface area (Å²) in [5.74, 6) is -1.51.